The normalized spacial score (nSPS) is 14.3. The smallest absolute Gasteiger partial charge is 0.141 e. The summed E-state index contributed by atoms with van der Waals surface area (Å²) in [7, 11) is 0. The van der Waals surface area contributed by atoms with Crippen molar-refractivity contribution in [3.05, 3.63) is 77.2 Å². The number of halogens is 1. The number of aromatic hydroxyl groups is 1. The molecule has 6 heteroatoms. The summed E-state index contributed by atoms with van der Waals surface area (Å²) in [5, 5.41) is 20.8. The Morgan fingerprint density at radius 3 is 2.43 bits per heavy atom. The van der Waals surface area contributed by atoms with Gasteiger partial charge in [-0.25, -0.2) is 4.39 Å². The van der Waals surface area contributed by atoms with Crippen LogP contribution in [0.4, 0.5) is 10.1 Å². The number of nitrogens with zero attached hydrogens (tertiary/aromatic N) is 3. The number of phenols is 1. The number of phenolic OH excluding ortho intramolecular Hbond substituents is 1. The Morgan fingerprint density at radius 2 is 1.74 bits per heavy atom. The second-order valence-electron chi connectivity index (χ2n) is 9.38. The predicted molar refractivity (Wildman–Crippen MR) is 138 cm³/mol. The lowest BCUT2D eigenvalue weighted by molar-refractivity contribution is 0.475. The van der Waals surface area contributed by atoms with Gasteiger partial charge in [-0.2, -0.15) is 5.26 Å². The van der Waals surface area contributed by atoms with E-state index in [9.17, 15) is 10.4 Å². The summed E-state index contributed by atoms with van der Waals surface area (Å²) < 4.78 is 15.3. The maximum absolute atomic E-state index is 15.3. The third-order valence-corrected chi connectivity index (χ3v) is 6.76. The van der Waals surface area contributed by atoms with Crippen molar-refractivity contribution in [3.8, 4) is 34.1 Å². The van der Waals surface area contributed by atoms with E-state index in [4.69, 9.17) is 5.73 Å². The Morgan fingerprint density at radius 1 is 1.03 bits per heavy atom. The quantitative estimate of drug-likeness (QED) is 0.397. The van der Waals surface area contributed by atoms with Crippen LogP contribution < -0.4 is 10.6 Å². The van der Waals surface area contributed by atoms with Gasteiger partial charge < -0.3 is 15.7 Å². The molecule has 0 amide bonds. The lowest BCUT2D eigenvalue weighted by Gasteiger charge is -2.34. The largest absolute Gasteiger partial charge is 0.506 e. The zero-order chi connectivity index (χ0) is 24.7. The zero-order valence-corrected chi connectivity index (χ0v) is 19.8. The number of nitriles is 1. The fourth-order valence-corrected chi connectivity index (χ4v) is 5.06. The molecule has 0 bridgehead atoms. The highest BCUT2D eigenvalue weighted by Crippen LogP contribution is 2.42. The van der Waals surface area contributed by atoms with E-state index in [0.29, 0.717) is 5.52 Å². The van der Waals surface area contributed by atoms with Gasteiger partial charge in [0.15, 0.2) is 0 Å². The van der Waals surface area contributed by atoms with Crippen LogP contribution in [0.1, 0.15) is 29.5 Å². The molecule has 5 nitrogen and oxygen atoms in total. The van der Waals surface area contributed by atoms with Crippen LogP contribution in [-0.2, 0) is 0 Å². The van der Waals surface area contributed by atoms with E-state index in [0.717, 1.165) is 59.3 Å². The van der Waals surface area contributed by atoms with Crippen LogP contribution in [0.15, 0.2) is 54.7 Å². The van der Waals surface area contributed by atoms with E-state index < -0.39 is 5.82 Å². The molecule has 4 aromatic rings. The summed E-state index contributed by atoms with van der Waals surface area (Å²) in [5.74, 6) is -0.724. The molecule has 1 aromatic heterocycles. The highest BCUT2D eigenvalue weighted by molar-refractivity contribution is 6.02. The molecular weight excluding hydrogens is 439 g/mol. The van der Waals surface area contributed by atoms with Crippen LogP contribution in [0.25, 0.3) is 33.2 Å². The number of piperidine rings is 1. The Hall–Kier alpha value is -3.95. The van der Waals surface area contributed by atoms with E-state index in [1.54, 1.807) is 18.2 Å². The van der Waals surface area contributed by atoms with Crippen LogP contribution in [0.2, 0.25) is 0 Å². The van der Waals surface area contributed by atoms with E-state index in [-0.39, 0.29) is 28.5 Å². The van der Waals surface area contributed by atoms with Gasteiger partial charge in [-0.1, -0.05) is 41.5 Å². The lowest BCUT2D eigenvalue weighted by Crippen LogP contribution is -2.40. The lowest BCUT2D eigenvalue weighted by atomic mass is 9.94. The maximum atomic E-state index is 15.3. The first-order valence-corrected chi connectivity index (χ1v) is 11.8. The van der Waals surface area contributed by atoms with Gasteiger partial charge in [-0.05, 0) is 44.4 Å². The summed E-state index contributed by atoms with van der Waals surface area (Å²) >= 11 is 0. The number of benzene rings is 3. The van der Waals surface area contributed by atoms with Crippen LogP contribution in [0.5, 0.6) is 5.75 Å². The molecule has 0 aliphatic carbocycles. The van der Waals surface area contributed by atoms with Crippen LogP contribution in [-0.4, -0.2) is 29.2 Å². The van der Waals surface area contributed by atoms with E-state index in [1.165, 1.54) is 12.1 Å². The monoisotopic (exact) mass is 466 g/mol. The molecule has 0 unspecified atom stereocenters. The van der Waals surface area contributed by atoms with Gasteiger partial charge in [0.2, 0.25) is 0 Å². The minimum absolute atomic E-state index is 0.106. The molecule has 0 saturated carbocycles. The van der Waals surface area contributed by atoms with Gasteiger partial charge in [-0.15, -0.1) is 0 Å². The number of rotatable bonds is 3. The fourth-order valence-electron chi connectivity index (χ4n) is 5.06. The number of hydrogen-bond donors (Lipinski definition) is 2. The summed E-state index contributed by atoms with van der Waals surface area (Å²) in [6, 6.07) is 16.5. The number of nitrogens with two attached hydrogens (primary N) is 1. The molecule has 3 aromatic carbocycles. The highest BCUT2D eigenvalue weighted by Gasteiger charge is 2.24. The Kier molecular flexibility index (Phi) is 5.88. The average molecular weight is 467 g/mol. The molecule has 0 atom stereocenters. The Labute approximate surface area is 204 Å². The van der Waals surface area contributed by atoms with Crippen molar-refractivity contribution in [1.29, 1.82) is 5.26 Å². The van der Waals surface area contributed by atoms with E-state index in [2.05, 4.69) is 41.9 Å². The summed E-state index contributed by atoms with van der Waals surface area (Å²) in [4.78, 5) is 6.95. The standard InChI is InChI=1S/C29H27FN4O/c1-17-10-18(2)12-20(11-17)25-16-33-27-14-26(30)23(22-5-3-4-19(15-31)29(22)35)13-24(27)28(25)34-8-6-21(32)7-9-34/h3-5,10-14,16,21,35H,6-9,32H2,1-2H3. The van der Waals surface area contributed by atoms with Gasteiger partial charge >= 0.3 is 0 Å². The van der Waals surface area contributed by atoms with Crippen molar-refractivity contribution in [1.82, 2.24) is 4.98 Å². The number of pyridine rings is 1. The van der Waals surface area contributed by atoms with Crippen molar-refractivity contribution < 1.29 is 9.50 Å². The van der Waals surface area contributed by atoms with Gasteiger partial charge in [0.1, 0.15) is 17.6 Å². The molecule has 176 valence electrons. The fraction of sp³-hybridized carbons (Fsp3) is 0.241. The minimum atomic E-state index is -0.499. The maximum Gasteiger partial charge on any atom is 0.141 e. The average Bonchev–Trinajstić information content (AvgIpc) is 2.83. The summed E-state index contributed by atoms with van der Waals surface area (Å²) in [6.45, 7) is 5.73. The number of hydrogen-bond acceptors (Lipinski definition) is 5. The number of fused-ring (bicyclic) bond motifs is 1. The van der Waals surface area contributed by atoms with Crippen molar-refractivity contribution in [2.45, 2.75) is 32.7 Å². The van der Waals surface area contributed by atoms with Gasteiger partial charge in [-0.3, -0.25) is 4.98 Å². The molecule has 1 saturated heterocycles. The van der Waals surface area contributed by atoms with E-state index in [1.807, 2.05) is 12.3 Å². The molecule has 1 aliphatic rings. The summed E-state index contributed by atoms with van der Waals surface area (Å²) in [5.41, 5.74) is 12.7. The first-order valence-electron chi connectivity index (χ1n) is 11.8. The molecule has 35 heavy (non-hydrogen) atoms. The van der Waals surface area contributed by atoms with Crippen molar-refractivity contribution in [2.75, 3.05) is 18.0 Å². The Balaban J connectivity index is 1.80. The summed E-state index contributed by atoms with van der Waals surface area (Å²) in [6.07, 6.45) is 3.57. The molecule has 2 heterocycles. The van der Waals surface area contributed by atoms with E-state index >= 15 is 4.39 Å². The molecule has 1 aliphatic heterocycles. The number of para-hydroxylation sites is 1. The second kappa shape index (κ2) is 9.01. The third kappa shape index (κ3) is 4.20. The predicted octanol–water partition coefficient (Wildman–Crippen LogP) is 5.83. The van der Waals surface area contributed by atoms with Crippen molar-refractivity contribution in [2.24, 2.45) is 5.73 Å². The number of anilines is 1. The highest BCUT2D eigenvalue weighted by atomic mass is 19.1. The molecule has 0 spiro atoms. The third-order valence-electron chi connectivity index (χ3n) is 6.76. The molecule has 3 N–H and O–H groups in total. The minimum Gasteiger partial charge on any atom is -0.506 e. The van der Waals surface area contributed by atoms with Crippen molar-refractivity contribution >= 4 is 16.6 Å². The molecule has 5 rings (SSSR count). The van der Waals surface area contributed by atoms with Gasteiger partial charge in [0.05, 0.1) is 16.8 Å². The van der Waals surface area contributed by atoms with Crippen molar-refractivity contribution in [3.63, 3.8) is 0 Å². The Bertz CT molecular complexity index is 1460. The second-order valence-corrected chi connectivity index (χ2v) is 9.38. The van der Waals surface area contributed by atoms with Gasteiger partial charge in [0, 0.05) is 53.5 Å². The molecular formula is C29H27FN4O. The van der Waals surface area contributed by atoms with Crippen LogP contribution >= 0.6 is 0 Å². The van der Waals surface area contributed by atoms with Crippen LogP contribution in [0, 0.1) is 31.0 Å². The first-order chi connectivity index (χ1) is 16.9. The number of aryl methyl sites for hydroxylation is 2. The number of aromatic nitrogens is 1. The molecule has 1 fully saturated rings. The van der Waals surface area contributed by atoms with Gasteiger partial charge in [0.25, 0.3) is 0 Å². The first kappa shape index (κ1) is 22.8. The SMILES string of the molecule is Cc1cc(C)cc(-c2cnc3cc(F)c(-c4cccc(C#N)c4O)cc3c2N2CCC(N)CC2)c1. The topological polar surface area (TPSA) is 86.2 Å². The van der Waals surface area contributed by atoms with Crippen LogP contribution in [0.3, 0.4) is 0 Å². The molecule has 0 radical (unpaired) electrons. The zero-order valence-electron chi connectivity index (χ0n) is 19.8.